The molecule has 0 amide bonds. The fraction of sp³-hybridized carbons (Fsp3) is 0.500. The molecule has 3 aliphatic carbocycles. The Labute approximate surface area is 231 Å². The van der Waals surface area contributed by atoms with E-state index in [0.29, 0.717) is 31.8 Å². The third kappa shape index (κ3) is 7.01. The number of carbonyl (C=O) groups excluding carboxylic acids is 2. The predicted octanol–water partition coefficient (Wildman–Crippen LogP) is 5.50. The van der Waals surface area contributed by atoms with Gasteiger partial charge in [0.05, 0.1) is 30.8 Å². The summed E-state index contributed by atoms with van der Waals surface area (Å²) in [5, 5.41) is 14.7. The van der Waals surface area contributed by atoms with Crippen LogP contribution in [0, 0.1) is 11.8 Å². The largest absolute Gasteiger partial charge is 0.508 e. The Morgan fingerprint density at radius 3 is 2.36 bits per heavy atom. The molecular formula is C30H39NO7Si. The minimum Gasteiger partial charge on any atom is -0.508 e. The SMILES string of the molecule is CCCOC(=O)[C@H]1C(C(=O)OCC[Si](C)(C)C)C2CC(=NOCCOc3ccccc3)[C@H]1c1cc(O)ccc12. The number of phenols is 1. The number of nitrogens with zero attached hydrogens (tertiary/aromatic N) is 1. The van der Waals surface area contributed by atoms with Crippen molar-refractivity contribution < 1.29 is 33.7 Å². The van der Waals surface area contributed by atoms with Crippen LogP contribution in [-0.2, 0) is 23.9 Å². The van der Waals surface area contributed by atoms with Gasteiger partial charge in [-0.15, -0.1) is 0 Å². The molecule has 1 saturated carbocycles. The molecule has 9 heteroatoms. The van der Waals surface area contributed by atoms with Gasteiger partial charge in [-0.1, -0.05) is 56.0 Å². The van der Waals surface area contributed by atoms with Gasteiger partial charge in [0.25, 0.3) is 0 Å². The van der Waals surface area contributed by atoms with E-state index >= 15 is 0 Å². The van der Waals surface area contributed by atoms with Gasteiger partial charge in [-0.25, -0.2) is 0 Å². The van der Waals surface area contributed by atoms with Crippen LogP contribution in [0.3, 0.4) is 0 Å². The van der Waals surface area contributed by atoms with Crippen molar-refractivity contribution in [1.82, 2.24) is 0 Å². The number of fused-ring (bicyclic) bond motifs is 2. The van der Waals surface area contributed by atoms with E-state index in [-0.39, 0.29) is 30.9 Å². The monoisotopic (exact) mass is 553 g/mol. The fourth-order valence-electron chi connectivity index (χ4n) is 5.37. The second-order valence-electron chi connectivity index (χ2n) is 11.4. The molecule has 0 saturated heterocycles. The number of carbonyl (C=O) groups is 2. The van der Waals surface area contributed by atoms with Crippen molar-refractivity contribution in [2.24, 2.45) is 17.0 Å². The van der Waals surface area contributed by atoms with Crippen LogP contribution < -0.4 is 4.74 Å². The maximum Gasteiger partial charge on any atom is 0.310 e. The molecule has 0 heterocycles. The molecule has 0 aromatic heterocycles. The first-order valence-corrected chi connectivity index (χ1v) is 17.4. The highest BCUT2D eigenvalue weighted by Crippen LogP contribution is 2.55. The maximum absolute atomic E-state index is 13.5. The Hall–Kier alpha value is -3.33. The molecule has 8 nitrogen and oxygen atoms in total. The number of rotatable bonds is 12. The first-order chi connectivity index (χ1) is 18.7. The number of esters is 2. The number of oxime groups is 1. The van der Waals surface area contributed by atoms with Crippen molar-refractivity contribution >= 4 is 25.7 Å². The van der Waals surface area contributed by atoms with Crippen LogP contribution in [0.5, 0.6) is 11.5 Å². The summed E-state index contributed by atoms with van der Waals surface area (Å²) in [6, 6.07) is 15.4. The van der Waals surface area contributed by atoms with E-state index in [1.165, 1.54) is 0 Å². The van der Waals surface area contributed by atoms with Crippen LogP contribution in [0.4, 0.5) is 0 Å². The van der Waals surface area contributed by atoms with Gasteiger partial charge in [-0.2, -0.15) is 0 Å². The molecule has 210 valence electrons. The quantitative estimate of drug-likeness (QED) is 0.160. The lowest BCUT2D eigenvalue weighted by molar-refractivity contribution is -0.163. The second-order valence-corrected chi connectivity index (χ2v) is 17.0. The summed E-state index contributed by atoms with van der Waals surface area (Å²) in [6.45, 7) is 9.73. The van der Waals surface area contributed by atoms with Gasteiger partial charge in [0.2, 0.25) is 0 Å². The van der Waals surface area contributed by atoms with E-state index in [1.54, 1.807) is 12.1 Å². The lowest BCUT2D eigenvalue weighted by Crippen LogP contribution is -2.51. The van der Waals surface area contributed by atoms with Gasteiger partial charge in [0, 0.05) is 19.9 Å². The zero-order valence-corrected chi connectivity index (χ0v) is 24.2. The van der Waals surface area contributed by atoms with Gasteiger partial charge in [0.15, 0.2) is 6.61 Å². The van der Waals surface area contributed by atoms with Crippen LogP contribution in [-0.4, -0.2) is 57.3 Å². The van der Waals surface area contributed by atoms with E-state index in [2.05, 4.69) is 24.8 Å². The number of para-hydroxylation sites is 1. The fourth-order valence-corrected chi connectivity index (χ4v) is 6.09. The third-order valence-corrected chi connectivity index (χ3v) is 8.93. The molecule has 5 rings (SSSR count). The number of hydrogen-bond acceptors (Lipinski definition) is 8. The van der Waals surface area contributed by atoms with E-state index < -0.39 is 31.8 Å². The zero-order chi connectivity index (χ0) is 28.0. The van der Waals surface area contributed by atoms with Crippen LogP contribution in [0.1, 0.15) is 42.7 Å². The number of ether oxygens (including phenoxy) is 3. The van der Waals surface area contributed by atoms with E-state index in [1.807, 2.05) is 43.3 Å². The molecular weight excluding hydrogens is 514 g/mol. The lowest BCUT2D eigenvalue weighted by atomic mass is 9.55. The standard InChI is InChI=1S/C30H39NO7Si/c1-5-13-36-30(34)28-26-23-18-20(32)11-12-22(23)24(27(28)29(33)37-16-17-39(2,3)4)19-25(26)31-38-15-14-35-21-9-7-6-8-10-21/h6-12,18,24,26-28,32H,5,13-17,19H2,1-4H3/t24?,26-,27?,28-/m1/s1. The van der Waals surface area contributed by atoms with E-state index in [4.69, 9.17) is 19.0 Å². The maximum atomic E-state index is 13.5. The first-order valence-electron chi connectivity index (χ1n) is 13.7. The zero-order valence-electron chi connectivity index (χ0n) is 23.2. The summed E-state index contributed by atoms with van der Waals surface area (Å²) in [7, 11) is -1.41. The lowest BCUT2D eigenvalue weighted by Gasteiger charge is -2.47. The highest BCUT2D eigenvalue weighted by atomic mass is 28.3. The summed E-state index contributed by atoms with van der Waals surface area (Å²) in [5.41, 5.74) is 2.36. The molecule has 0 aliphatic heterocycles. The van der Waals surface area contributed by atoms with Gasteiger partial charge in [-0.3, -0.25) is 9.59 Å². The normalized spacial score (nSPS) is 22.7. The molecule has 2 bridgehead atoms. The van der Waals surface area contributed by atoms with Gasteiger partial charge in [0.1, 0.15) is 18.1 Å². The Bertz CT molecular complexity index is 1180. The Balaban J connectivity index is 1.58. The average molecular weight is 554 g/mol. The number of hydrogen-bond donors (Lipinski definition) is 1. The third-order valence-electron chi connectivity index (χ3n) is 7.23. The van der Waals surface area contributed by atoms with Gasteiger partial charge >= 0.3 is 11.9 Å². The van der Waals surface area contributed by atoms with Crippen molar-refractivity contribution in [3.05, 3.63) is 59.7 Å². The Kier molecular flexibility index (Phi) is 9.32. The molecule has 0 radical (unpaired) electrons. The average Bonchev–Trinajstić information content (AvgIpc) is 2.90. The highest BCUT2D eigenvalue weighted by Gasteiger charge is 2.57. The molecule has 2 unspecified atom stereocenters. The molecule has 4 atom stereocenters. The first kappa shape index (κ1) is 28.7. The number of phenolic OH excluding ortho intramolecular Hbond substituents is 1. The molecule has 3 aliphatic rings. The second kappa shape index (κ2) is 12.7. The van der Waals surface area contributed by atoms with Crippen LogP contribution in [0.2, 0.25) is 25.7 Å². The van der Waals surface area contributed by atoms with Crippen molar-refractivity contribution in [2.75, 3.05) is 26.4 Å². The van der Waals surface area contributed by atoms with E-state index in [9.17, 15) is 14.7 Å². The van der Waals surface area contributed by atoms with Gasteiger partial charge < -0.3 is 24.2 Å². The Morgan fingerprint density at radius 1 is 0.923 bits per heavy atom. The summed E-state index contributed by atoms with van der Waals surface area (Å²) in [4.78, 5) is 32.6. The van der Waals surface area contributed by atoms with Crippen molar-refractivity contribution in [1.29, 1.82) is 0 Å². The molecule has 2 aromatic carbocycles. The summed E-state index contributed by atoms with van der Waals surface area (Å²) < 4.78 is 17.0. The molecule has 1 fully saturated rings. The predicted molar refractivity (Wildman–Crippen MR) is 151 cm³/mol. The smallest absolute Gasteiger partial charge is 0.310 e. The van der Waals surface area contributed by atoms with Crippen LogP contribution in [0.15, 0.2) is 53.7 Å². The van der Waals surface area contributed by atoms with Crippen LogP contribution >= 0.6 is 0 Å². The molecule has 2 aromatic rings. The van der Waals surface area contributed by atoms with E-state index in [0.717, 1.165) is 22.9 Å². The minimum absolute atomic E-state index is 0.0905. The molecule has 1 N–H and O–H groups in total. The topological polar surface area (TPSA) is 104 Å². The van der Waals surface area contributed by atoms with Crippen LogP contribution in [0.25, 0.3) is 0 Å². The number of aromatic hydroxyl groups is 1. The van der Waals surface area contributed by atoms with Crippen molar-refractivity contribution in [2.45, 2.75) is 57.3 Å². The molecule has 0 spiro atoms. The van der Waals surface area contributed by atoms with Crippen molar-refractivity contribution in [3.63, 3.8) is 0 Å². The Morgan fingerprint density at radius 2 is 1.64 bits per heavy atom. The summed E-state index contributed by atoms with van der Waals surface area (Å²) in [5.74, 6) is -2.41. The highest BCUT2D eigenvalue weighted by molar-refractivity contribution is 6.76. The summed E-state index contributed by atoms with van der Waals surface area (Å²) >= 11 is 0. The molecule has 39 heavy (non-hydrogen) atoms. The van der Waals surface area contributed by atoms with Gasteiger partial charge in [-0.05, 0) is 54.3 Å². The minimum atomic E-state index is -1.41. The van der Waals surface area contributed by atoms with Crippen molar-refractivity contribution in [3.8, 4) is 11.5 Å². The number of benzene rings is 2. The summed E-state index contributed by atoms with van der Waals surface area (Å²) in [6.07, 6.45) is 1.12.